The molecule has 0 unspecified atom stereocenters. The molecule has 0 saturated heterocycles. The molecule has 0 heterocycles. The van der Waals surface area contributed by atoms with E-state index < -0.39 is 17.3 Å². The zero-order valence-electron chi connectivity index (χ0n) is 11.0. The van der Waals surface area contributed by atoms with Crippen LogP contribution in [0.3, 0.4) is 0 Å². The maximum Gasteiger partial charge on any atom is 0.254 e. The number of hydrogen-bond acceptors (Lipinski definition) is 1. The summed E-state index contributed by atoms with van der Waals surface area (Å²) < 4.78 is 13.8. The third kappa shape index (κ3) is 3.02. The zero-order valence-corrected chi connectivity index (χ0v) is 11.8. The van der Waals surface area contributed by atoms with Gasteiger partial charge in [-0.25, -0.2) is 4.39 Å². The van der Waals surface area contributed by atoms with Crippen molar-refractivity contribution in [2.45, 2.75) is 39.2 Å². The van der Waals surface area contributed by atoms with Gasteiger partial charge in [0.25, 0.3) is 5.91 Å². The van der Waals surface area contributed by atoms with Crippen LogP contribution in [-0.4, -0.2) is 17.3 Å². The number of benzene rings is 1. The van der Waals surface area contributed by atoms with Gasteiger partial charge >= 0.3 is 0 Å². The molecule has 0 aromatic heterocycles. The number of aryl methyl sites for hydroxylation is 1. The van der Waals surface area contributed by atoms with Gasteiger partial charge < -0.3 is 5.32 Å². The normalized spacial score (nSPS) is 11.4. The van der Waals surface area contributed by atoms with Crippen LogP contribution in [0.1, 0.15) is 42.6 Å². The van der Waals surface area contributed by atoms with Crippen LogP contribution in [0.25, 0.3) is 0 Å². The van der Waals surface area contributed by atoms with Gasteiger partial charge in [-0.2, -0.15) is 0 Å². The van der Waals surface area contributed by atoms with E-state index in [1.165, 1.54) is 6.07 Å². The standard InChI is InChI=1S/C14H19ClFNO/c1-4-14(5-2,9-15)17-13(18)11-8-6-7-10(3)12(11)16/h6-8H,4-5,9H2,1-3H3,(H,17,18). The predicted molar refractivity (Wildman–Crippen MR) is 72.6 cm³/mol. The van der Waals surface area contributed by atoms with Crippen molar-refractivity contribution in [3.05, 3.63) is 35.1 Å². The summed E-state index contributed by atoms with van der Waals surface area (Å²) in [5.74, 6) is -0.551. The number of amides is 1. The highest BCUT2D eigenvalue weighted by atomic mass is 35.5. The lowest BCUT2D eigenvalue weighted by Gasteiger charge is -2.30. The Morgan fingerprint density at radius 3 is 2.50 bits per heavy atom. The molecule has 2 nitrogen and oxygen atoms in total. The van der Waals surface area contributed by atoms with Gasteiger partial charge in [-0.1, -0.05) is 26.0 Å². The van der Waals surface area contributed by atoms with E-state index in [0.717, 1.165) is 0 Å². The van der Waals surface area contributed by atoms with E-state index in [0.29, 0.717) is 24.3 Å². The number of hydrogen-bond donors (Lipinski definition) is 1. The first kappa shape index (κ1) is 15.0. The molecule has 100 valence electrons. The van der Waals surface area contributed by atoms with Crippen LogP contribution in [0.4, 0.5) is 4.39 Å². The topological polar surface area (TPSA) is 29.1 Å². The maximum atomic E-state index is 13.8. The molecule has 18 heavy (non-hydrogen) atoms. The summed E-state index contributed by atoms with van der Waals surface area (Å²) in [4.78, 5) is 12.1. The fourth-order valence-corrected chi connectivity index (χ4v) is 2.22. The molecule has 0 aliphatic heterocycles. The minimum Gasteiger partial charge on any atom is -0.345 e. The quantitative estimate of drug-likeness (QED) is 0.814. The van der Waals surface area contributed by atoms with Crippen molar-refractivity contribution in [3.63, 3.8) is 0 Å². The second-order valence-electron chi connectivity index (χ2n) is 4.51. The van der Waals surface area contributed by atoms with Gasteiger partial charge in [0.15, 0.2) is 0 Å². The lowest BCUT2D eigenvalue weighted by atomic mass is 9.94. The van der Waals surface area contributed by atoms with E-state index in [1.807, 2.05) is 13.8 Å². The Hall–Kier alpha value is -1.09. The van der Waals surface area contributed by atoms with Gasteiger partial charge in [0.2, 0.25) is 0 Å². The van der Waals surface area contributed by atoms with Crippen molar-refractivity contribution in [3.8, 4) is 0 Å². The van der Waals surface area contributed by atoms with Crippen molar-refractivity contribution in [2.24, 2.45) is 0 Å². The fraction of sp³-hybridized carbons (Fsp3) is 0.500. The Labute approximate surface area is 113 Å². The monoisotopic (exact) mass is 271 g/mol. The van der Waals surface area contributed by atoms with E-state index in [2.05, 4.69) is 5.32 Å². The number of nitrogens with one attached hydrogen (secondary N) is 1. The van der Waals surface area contributed by atoms with Gasteiger partial charge in [0, 0.05) is 5.88 Å². The third-order valence-electron chi connectivity index (χ3n) is 3.42. The van der Waals surface area contributed by atoms with Crippen LogP contribution in [0.15, 0.2) is 18.2 Å². The van der Waals surface area contributed by atoms with Gasteiger partial charge in [-0.15, -0.1) is 11.6 Å². The van der Waals surface area contributed by atoms with Crippen molar-refractivity contribution in [1.29, 1.82) is 0 Å². The molecular weight excluding hydrogens is 253 g/mol. The van der Waals surface area contributed by atoms with E-state index >= 15 is 0 Å². The summed E-state index contributed by atoms with van der Waals surface area (Å²) in [6.45, 7) is 5.55. The lowest BCUT2D eigenvalue weighted by Crippen LogP contribution is -2.49. The minimum absolute atomic E-state index is 0.0754. The Kier molecular flexibility index (Phi) is 5.15. The first-order valence-corrected chi connectivity index (χ1v) is 6.66. The van der Waals surface area contributed by atoms with Gasteiger partial charge in [-0.3, -0.25) is 4.79 Å². The third-order valence-corrected chi connectivity index (χ3v) is 3.94. The Morgan fingerprint density at radius 1 is 1.39 bits per heavy atom. The highest BCUT2D eigenvalue weighted by molar-refractivity contribution is 6.19. The highest BCUT2D eigenvalue weighted by Crippen LogP contribution is 2.19. The molecule has 0 saturated carbocycles. The molecule has 0 aliphatic carbocycles. The minimum atomic E-state index is -0.467. The molecule has 1 rings (SSSR count). The van der Waals surface area contributed by atoms with Crippen LogP contribution in [0, 0.1) is 12.7 Å². The van der Waals surface area contributed by atoms with Crippen LogP contribution in [0.2, 0.25) is 0 Å². The fourth-order valence-electron chi connectivity index (χ4n) is 1.78. The van der Waals surface area contributed by atoms with Crippen molar-refractivity contribution in [2.75, 3.05) is 5.88 Å². The molecule has 0 bridgehead atoms. The van der Waals surface area contributed by atoms with Crippen LogP contribution >= 0.6 is 11.6 Å². The molecule has 0 aliphatic rings. The summed E-state index contributed by atoms with van der Waals surface area (Å²) in [5, 5.41) is 2.85. The Morgan fingerprint density at radius 2 is 2.00 bits per heavy atom. The molecule has 1 N–H and O–H groups in total. The molecular formula is C14H19ClFNO. The molecule has 0 fully saturated rings. The van der Waals surface area contributed by atoms with Crippen molar-refractivity contribution < 1.29 is 9.18 Å². The molecule has 0 radical (unpaired) electrons. The van der Waals surface area contributed by atoms with Crippen molar-refractivity contribution >= 4 is 17.5 Å². The number of carbonyl (C=O) groups is 1. The van der Waals surface area contributed by atoms with Gasteiger partial charge in [-0.05, 0) is 31.4 Å². The summed E-state index contributed by atoms with van der Waals surface area (Å²) in [5.41, 5.74) is 0.0768. The first-order valence-electron chi connectivity index (χ1n) is 6.13. The Balaban J connectivity index is 2.98. The SMILES string of the molecule is CCC(CC)(CCl)NC(=O)c1cccc(C)c1F. The van der Waals surface area contributed by atoms with Crippen LogP contribution in [0.5, 0.6) is 0 Å². The summed E-state index contributed by atoms with van der Waals surface area (Å²) >= 11 is 5.92. The largest absolute Gasteiger partial charge is 0.345 e. The Bertz CT molecular complexity index is 422. The molecule has 0 spiro atoms. The molecule has 4 heteroatoms. The second-order valence-corrected chi connectivity index (χ2v) is 4.78. The van der Waals surface area contributed by atoms with Crippen molar-refractivity contribution in [1.82, 2.24) is 5.32 Å². The van der Waals surface area contributed by atoms with E-state index in [4.69, 9.17) is 11.6 Å². The maximum absolute atomic E-state index is 13.8. The highest BCUT2D eigenvalue weighted by Gasteiger charge is 2.28. The lowest BCUT2D eigenvalue weighted by molar-refractivity contribution is 0.0898. The van der Waals surface area contributed by atoms with Crippen LogP contribution < -0.4 is 5.32 Å². The average molecular weight is 272 g/mol. The number of rotatable bonds is 5. The summed E-state index contributed by atoms with van der Waals surface area (Å²) in [7, 11) is 0. The number of carbonyl (C=O) groups excluding carboxylic acids is 1. The number of halogens is 2. The molecule has 1 amide bonds. The number of alkyl halides is 1. The van der Waals surface area contributed by atoms with Gasteiger partial charge in [0.05, 0.1) is 11.1 Å². The van der Waals surface area contributed by atoms with E-state index in [9.17, 15) is 9.18 Å². The molecule has 1 aromatic carbocycles. The molecule has 1 aromatic rings. The first-order chi connectivity index (χ1) is 8.49. The summed E-state index contributed by atoms with van der Waals surface area (Å²) in [6.07, 6.45) is 1.43. The van der Waals surface area contributed by atoms with E-state index in [1.54, 1.807) is 19.1 Å². The van der Waals surface area contributed by atoms with Gasteiger partial charge in [0.1, 0.15) is 5.82 Å². The van der Waals surface area contributed by atoms with Crippen LogP contribution in [-0.2, 0) is 0 Å². The summed E-state index contributed by atoms with van der Waals surface area (Å²) in [6, 6.07) is 4.80. The predicted octanol–water partition coefficient (Wildman–Crippen LogP) is 3.66. The van der Waals surface area contributed by atoms with E-state index in [-0.39, 0.29) is 5.56 Å². The zero-order chi connectivity index (χ0) is 13.8. The average Bonchev–Trinajstić information content (AvgIpc) is 2.39. The molecule has 0 atom stereocenters. The smallest absolute Gasteiger partial charge is 0.254 e. The second kappa shape index (κ2) is 6.19.